The highest BCUT2D eigenvalue weighted by molar-refractivity contribution is 7.91. The molecule has 3 rings (SSSR count). The second-order valence-electron chi connectivity index (χ2n) is 6.59. The molecule has 1 amide bonds. The van der Waals surface area contributed by atoms with Gasteiger partial charge in [-0.3, -0.25) is 10.1 Å². The number of ether oxygens (including phenoxy) is 1. The van der Waals surface area contributed by atoms with Gasteiger partial charge in [-0.1, -0.05) is 46.7 Å². The third-order valence-corrected chi connectivity index (χ3v) is 6.95. The molecule has 0 aliphatic rings. The molecule has 1 aromatic heterocycles. The molecule has 0 aliphatic heterocycles. The van der Waals surface area contributed by atoms with Crippen LogP contribution in [0.5, 0.6) is 5.75 Å². The Kier molecular flexibility index (Phi) is 7.50. The maximum atomic E-state index is 12.5. The Morgan fingerprint density at radius 2 is 1.84 bits per heavy atom. The number of rotatable bonds is 8. The van der Waals surface area contributed by atoms with Gasteiger partial charge in [-0.05, 0) is 49.7 Å². The van der Waals surface area contributed by atoms with E-state index in [0.717, 1.165) is 16.9 Å². The fourth-order valence-corrected chi connectivity index (χ4v) is 4.85. The Balaban J connectivity index is 1.63. The first-order valence-electron chi connectivity index (χ1n) is 8.99. The van der Waals surface area contributed by atoms with Crippen molar-refractivity contribution in [3.8, 4) is 5.75 Å². The minimum absolute atomic E-state index is 0.0200. The lowest BCUT2D eigenvalue weighted by Gasteiger charge is -2.10. The molecular formula is C19H18Cl2N4O4S2. The minimum Gasteiger partial charge on any atom is -0.491 e. The highest BCUT2D eigenvalue weighted by Gasteiger charge is 2.21. The summed E-state index contributed by atoms with van der Waals surface area (Å²) in [5.74, 6) is 0.144. The Morgan fingerprint density at radius 1 is 1.13 bits per heavy atom. The number of halogens is 2. The van der Waals surface area contributed by atoms with Crippen LogP contribution < -0.4 is 14.8 Å². The van der Waals surface area contributed by atoms with Crippen molar-refractivity contribution < 1.29 is 17.9 Å². The lowest BCUT2D eigenvalue weighted by atomic mass is 10.2. The number of hydrogen-bond acceptors (Lipinski definition) is 7. The lowest BCUT2D eigenvalue weighted by molar-refractivity contribution is 0.102. The molecule has 0 fully saturated rings. The van der Waals surface area contributed by atoms with Gasteiger partial charge < -0.3 is 4.74 Å². The van der Waals surface area contributed by atoms with Crippen LogP contribution >= 0.6 is 34.5 Å². The average Bonchev–Trinajstić information content (AvgIpc) is 3.16. The highest BCUT2D eigenvalue weighted by atomic mass is 35.5. The number of carbonyl (C=O) groups excluding carboxylic acids is 1. The second-order valence-corrected chi connectivity index (χ2v) is 10.3. The zero-order valence-electron chi connectivity index (χ0n) is 16.4. The van der Waals surface area contributed by atoms with Crippen molar-refractivity contribution in [3.63, 3.8) is 0 Å². The molecular weight excluding hydrogens is 483 g/mol. The van der Waals surface area contributed by atoms with E-state index < -0.39 is 15.9 Å². The quantitative estimate of drug-likeness (QED) is 0.444. The van der Waals surface area contributed by atoms with E-state index in [0.29, 0.717) is 10.8 Å². The summed E-state index contributed by atoms with van der Waals surface area (Å²) in [5, 5.41) is 10.4. The molecule has 31 heavy (non-hydrogen) atoms. The summed E-state index contributed by atoms with van der Waals surface area (Å²) in [6, 6.07) is 11.5. The number of amides is 1. The van der Waals surface area contributed by atoms with E-state index in [2.05, 4.69) is 20.2 Å². The molecule has 0 radical (unpaired) electrons. The van der Waals surface area contributed by atoms with Gasteiger partial charge in [0, 0.05) is 11.6 Å². The number of hydrogen-bond donors (Lipinski definition) is 2. The first-order valence-corrected chi connectivity index (χ1v) is 12.0. The van der Waals surface area contributed by atoms with Crippen LogP contribution in [-0.2, 0) is 16.6 Å². The lowest BCUT2D eigenvalue weighted by Crippen LogP contribution is -2.23. The number of nitrogens with zero attached hydrogens (tertiary/aromatic N) is 2. The van der Waals surface area contributed by atoms with Crippen LogP contribution in [0.1, 0.15) is 29.8 Å². The first kappa shape index (κ1) is 23.4. The molecule has 0 aliphatic carbocycles. The van der Waals surface area contributed by atoms with E-state index in [1.807, 2.05) is 13.8 Å². The summed E-state index contributed by atoms with van der Waals surface area (Å²) in [5.41, 5.74) is 0.920. The van der Waals surface area contributed by atoms with Gasteiger partial charge in [0.1, 0.15) is 5.75 Å². The third kappa shape index (κ3) is 6.37. The van der Waals surface area contributed by atoms with Crippen LogP contribution in [0, 0.1) is 0 Å². The Morgan fingerprint density at radius 3 is 2.48 bits per heavy atom. The molecule has 0 saturated carbocycles. The molecule has 0 spiro atoms. The number of anilines is 1. The van der Waals surface area contributed by atoms with Crippen molar-refractivity contribution in [1.82, 2.24) is 14.9 Å². The van der Waals surface area contributed by atoms with E-state index in [4.69, 9.17) is 27.9 Å². The predicted molar refractivity (Wildman–Crippen MR) is 121 cm³/mol. The second kappa shape index (κ2) is 9.92. The van der Waals surface area contributed by atoms with Crippen LogP contribution in [0.3, 0.4) is 0 Å². The minimum atomic E-state index is -3.91. The van der Waals surface area contributed by atoms with Crippen molar-refractivity contribution in [2.45, 2.75) is 30.8 Å². The SMILES string of the molecule is CC(C)Oc1ccc(CNS(=O)(=O)c2nnc(NC(=O)c3ccc(Cl)cc3Cl)s2)cc1. The van der Waals surface area contributed by atoms with Gasteiger partial charge in [0.2, 0.25) is 9.47 Å². The van der Waals surface area contributed by atoms with Crippen LogP contribution in [0.2, 0.25) is 10.0 Å². The van der Waals surface area contributed by atoms with E-state index in [1.54, 1.807) is 24.3 Å². The largest absolute Gasteiger partial charge is 0.491 e. The number of aromatic nitrogens is 2. The number of nitrogens with one attached hydrogen (secondary N) is 2. The summed E-state index contributed by atoms with van der Waals surface area (Å²) in [7, 11) is -3.91. The van der Waals surface area contributed by atoms with Gasteiger partial charge in [-0.25, -0.2) is 13.1 Å². The van der Waals surface area contributed by atoms with Crippen molar-refractivity contribution in [3.05, 3.63) is 63.6 Å². The monoisotopic (exact) mass is 500 g/mol. The molecule has 2 aromatic carbocycles. The van der Waals surface area contributed by atoms with Crippen LogP contribution in [0.25, 0.3) is 0 Å². The summed E-state index contributed by atoms with van der Waals surface area (Å²) in [6.07, 6.45) is 0.0483. The normalized spacial score (nSPS) is 11.5. The maximum absolute atomic E-state index is 12.5. The van der Waals surface area contributed by atoms with E-state index in [1.165, 1.54) is 18.2 Å². The molecule has 2 N–H and O–H groups in total. The van der Waals surface area contributed by atoms with Crippen LogP contribution in [-0.4, -0.2) is 30.6 Å². The Bertz CT molecular complexity index is 1180. The number of sulfonamides is 1. The van der Waals surface area contributed by atoms with E-state index in [9.17, 15) is 13.2 Å². The molecule has 8 nitrogen and oxygen atoms in total. The predicted octanol–water partition coefficient (Wildman–Crippen LogP) is 4.36. The zero-order valence-corrected chi connectivity index (χ0v) is 19.6. The summed E-state index contributed by atoms with van der Waals surface area (Å²) >= 11 is 12.6. The Labute approximate surface area is 193 Å². The van der Waals surface area contributed by atoms with Crippen molar-refractivity contribution in [2.75, 3.05) is 5.32 Å². The zero-order chi connectivity index (χ0) is 22.6. The molecule has 12 heteroatoms. The molecule has 0 bridgehead atoms. The molecule has 1 heterocycles. The van der Waals surface area contributed by atoms with Crippen molar-refractivity contribution in [2.24, 2.45) is 0 Å². The smallest absolute Gasteiger partial charge is 0.270 e. The number of benzene rings is 2. The van der Waals surface area contributed by atoms with Gasteiger partial charge >= 0.3 is 0 Å². The van der Waals surface area contributed by atoms with Gasteiger partial charge in [0.15, 0.2) is 0 Å². The number of carbonyl (C=O) groups is 1. The highest BCUT2D eigenvalue weighted by Crippen LogP contribution is 2.24. The fourth-order valence-electron chi connectivity index (χ4n) is 2.41. The standard InChI is InChI=1S/C19H18Cl2N4O4S2/c1-11(2)29-14-6-3-12(4-7-14)10-22-31(27,28)19-25-24-18(30-19)23-17(26)15-8-5-13(20)9-16(15)21/h3-9,11,22H,10H2,1-2H3,(H,23,24,26). The van der Waals surface area contributed by atoms with E-state index >= 15 is 0 Å². The average molecular weight is 501 g/mol. The summed E-state index contributed by atoms with van der Waals surface area (Å²) in [6.45, 7) is 3.90. The Hall–Kier alpha value is -2.24. The van der Waals surface area contributed by atoms with Crippen molar-refractivity contribution in [1.29, 1.82) is 0 Å². The fraction of sp³-hybridized carbons (Fsp3) is 0.211. The molecule has 3 aromatic rings. The molecule has 0 unspecified atom stereocenters. The first-order chi connectivity index (χ1) is 14.6. The van der Waals surface area contributed by atoms with E-state index in [-0.39, 0.29) is 32.7 Å². The van der Waals surface area contributed by atoms with Crippen molar-refractivity contribution >= 4 is 55.6 Å². The molecule has 164 valence electrons. The summed E-state index contributed by atoms with van der Waals surface area (Å²) < 4.78 is 32.7. The van der Waals surface area contributed by atoms with Crippen LogP contribution in [0.15, 0.2) is 46.8 Å². The van der Waals surface area contributed by atoms with Crippen LogP contribution in [0.4, 0.5) is 5.13 Å². The van der Waals surface area contributed by atoms with Gasteiger partial charge in [-0.15, -0.1) is 10.2 Å². The maximum Gasteiger partial charge on any atom is 0.270 e. The summed E-state index contributed by atoms with van der Waals surface area (Å²) in [4.78, 5) is 12.3. The third-order valence-electron chi connectivity index (χ3n) is 3.79. The van der Waals surface area contributed by atoms with Gasteiger partial charge in [0.25, 0.3) is 15.9 Å². The van der Waals surface area contributed by atoms with Gasteiger partial charge in [0.05, 0.1) is 16.7 Å². The van der Waals surface area contributed by atoms with Gasteiger partial charge in [-0.2, -0.15) is 0 Å². The molecule has 0 atom stereocenters. The topological polar surface area (TPSA) is 110 Å². The molecule has 0 saturated heterocycles.